The van der Waals surface area contributed by atoms with Crippen LogP contribution in [0.5, 0.6) is 5.75 Å². The van der Waals surface area contributed by atoms with Crippen LogP contribution in [-0.4, -0.2) is 5.11 Å². The highest BCUT2D eigenvalue weighted by atomic mass is 79.9. The van der Waals surface area contributed by atoms with Crippen molar-refractivity contribution in [2.45, 2.75) is 0 Å². The molecule has 1 aromatic heterocycles. The topological polar surface area (TPSA) is 50.4 Å². The van der Waals surface area contributed by atoms with E-state index in [1.54, 1.807) is 0 Å². The molecular formula is C5HBr3O3. The molecule has 0 spiro atoms. The van der Waals surface area contributed by atoms with E-state index >= 15 is 0 Å². The Morgan fingerprint density at radius 1 is 1.18 bits per heavy atom. The zero-order valence-electron chi connectivity index (χ0n) is 4.90. The van der Waals surface area contributed by atoms with Crippen LogP contribution in [0.1, 0.15) is 0 Å². The lowest BCUT2D eigenvalue weighted by Crippen LogP contribution is -1.99. The first kappa shape index (κ1) is 9.28. The van der Waals surface area contributed by atoms with Crippen LogP contribution in [0.25, 0.3) is 0 Å². The Labute approximate surface area is 86.8 Å². The molecule has 0 unspecified atom stereocenters. The molecule has 0 radical (unpaired) electrons. The molecule has 3 nitrogen and oxygen atoms in total. The predicted octanol–water partition coefficient (Wildman–Crippen LogP) is 2.63. The van der Waals surface area contributed by atoms with Crippen LogP contribution in [0, 0.1) is 0 Å². The molecule has 0 aliphatic heterocycles. The van der Waals surface area contributed by atoms with Gasteiger partial charge < -0.3 is 9.52 Å². The van der Waals surface area contributed by atoms with Crippen LogP contribution in [-0.2, 0) is 0 Å². The SMILES string of the molecule is O=c1oc(Br)c(Br)c(O)c1Br. The molecular weight excluding hydrogens is 348 g/mol. The van der Waals surface area contributed by atoms with Crippen molar-refractivity contribution in [3.05, 3.63) is 24.0 Å². The Bertz CT molecular complexity index is 344. The second-order valence-corrected chi connectivity index (χ2v) is 3.95. The molecule has 0 fully saturated rings. The van der Waals surface area contributed by atoms with E-state index in [4.69, 9.17) is 0 Å². The zero-order valence-corrected chi connectivity index (χ0v) is 9.66. The van der Waals surface area contributed by atoms with Gasteiger partial charge in [0.05, 0.1) is 0 Å². The minimum Gasteiger partial charge on any atom is -0.505 e. The third kappa shape index (κ3) is 1.68. The van der Waals surface area contributed by atoms with Crippen molar-refractivity contribution in [2.24, 2.45) is 0 Å². The van der Waals surface area contributed by atoms with Crippen LogP contribution in [0.2, 0.25) is 0 Å². The number of halogens is 3. The molecule has 1 aromatic rings. The molecule has 1 rings (SSSR count). The first-order chi connectivity index (χ1) is 5.04. The summed E-state index contributed by atoms with van der Waals surface area (Å²) >= 11 is 8.80. The summed E-state index contributed by atoms with van der Waals surface area (Å²) < 4.78 is 5.11. The fourth-order valence-electron chi connectivity index (χ4n) is 0.457. The lowest BCUT2D eigenvalue weighted by molar-refractivity contribution is 0.424. The van der Waals surface area contributed by atoms with E-state index in [0.717, 1.165) is 0 Å². The highest BCUT2D eigenvalue weighted by Crippen LogP contribution is 2.34. The zero-order chi connectivity index (χ0) is 8.59. The molecule has 6 heteroatoms. The van der Waals surface area contributed by atoms with Gasteiger partial charge in [-0.3, -0.25) is 0 Å². The van der Waals surface area contributed by atoms with Crippen molar-refractivity contribution in [1.82, 2.24) is 0 Å². The van der Waals surface area contributed by atoms with Gasteiger partial charge in [0.25, 0.3) is 0 Å². The maximum Gasteiger partial charge on any atom is 0.355 e. The first-order valence-corrected chi connectivity index (χ1v) is 4.78. The van der Waals surface area contributed by atoms with Crippen LogP contribution >= 0.6 is 47.8 Å². The Balaban J connectivity index is 3.59. The Morgan fingerprint density at radius 2 is 1.73 bits per heavy atom. The molecule has 0 atom stereocenters. The van der Waals surface area contributed by atoms with E-state index in [0.29, 0.717) is 4.47 Å². The van der Waals surface area contributed by atoms with Gasteiger partial charge in [-0.1, -0.05) is 0 Å². The Hall–Kier alpha value is 0.190. The third-order valence-corrected chi connectivity index (χ3v) is 3.48. The van der Waals surface area contributed by atoms with Gasteiger partial charge in [-0.05, 0) is 47.8 Å². The standard InChI is InChI=1S/C5HBr3O3/c6-1-3(9)2(7)5(10)11-4(1)8/h9H. The molecule has 1 heterocycles. The smallest absolute Gasteiger partial charge is 0.355 e. The second-order valence-electron chi connectivity index (χ2n) is 1.64. The first-order valence-electron chi connectivity index (χ1n) is 2.40. The van der Waals surface area contributed by atoms with Crippen molar-refractivity contribution in [2.75, 3.05) is 0 Å². The summed E-state index contributed by atoms with van der Waals surface area (Å²) in [7, 11) is 0. The summed E-state index contributed by atoms with van der Waals surface area (Å²) in [5.74, 6) is -0.173. The molecule has 60 valence electrons. The minimum absolute atomic E-state index is 0.00701. The van der Waals surface area contributed by atoms with Gasteiger partial charge in [0.2, 0.25) is 0 Å². The van der Waals surface area contributed by atoms with Gasteiger partial charge in [-0.25, -0.2) is 4.79 Å². The van der Waals surface area contributed by atoms with Crippen molar-refractivity contribution < 1.29 is 9.52 Å². The Kier molecular flexibility index (Phi) is 2.77. The third-order valence-electron chi connectivity index (χ3n) is 0.950. The fourth-order valence-corrected chi connectivity index (χ4v) is 1.62. The maximum absolute atomic E-state index is 10.8. The maximum atomic E-state index is 10.8. The molecule has 11 heavy (non-hydrogen) atoms. The minimum atomic E-state index is -0.627. The van der Waals surface area contributed by atoms with Gasteiger partial charge >= 0.3 is 5.63 Å². The summed E-state index contributed by atoms with van der Waals surface area (Å²) in [4.78, 5) is 10.8. The quantitative estimate of drug-likeness (QED) is 0.784. The molecule has 0 saturated heterocycles. The molecule has 0 amide bonds. The molecule has 0 aliphatic rings. The predicted molar refractivity (Wildman–Crippen MR) is 49.7 cm³/mol. The van der Waals surface area contributed by atoms with Crippen LogP contribution < -0.4 is 5.63 Å². The largest absolute Gasteiger partial charge is 0.505 e. The van der Waals surface area contributed by atoms with E-state index < -0.39 is 5.63 Å². The van der Waals surface area contributed by atoms with Gasteiger partial charge in [-0.15, -0.1) is 0 Å². The highest BCUT2D eigenvalue weighted by molar-refractivity contribution is 9.13. The van der Waals surface area contributed by atoms with Crippen LogP contribution in [0.4, 0.5) is 0 Å². The van der Waals surface area contributed by atoms with Crippen molar-refractivity contribution in [3.8, 4) is 5.75 Å². The molecule has 0 aromatic carbocycles. The average Bonchev–Trinajstić information content (AvgIpc) is 1.97. The van der Waals surface area contributed by atoms with E-state index in [2.05, 4.69) is 52.2 Å². The fraction of sp³-hybridized carbons (Fsp3) is 0. The number of hydrogen-bond donors (Lipinski definition) is 1. The molecule has 0 saturated carbocycles. The van der Waals surface area contributed by atoms with Gasteiger partial charge in [0.1, 0.15) is 8.95 Å². The lowest BCUT2D eigenvalue weighted by atomic mass is 10.5. The van der Waals surface area contributed by atoms with E-state index in [1.165, 1.54) is 0 Å². The van der Waals surface area contributed by atoms with Crippen molar-refractivity contribution in [3.63, 3.8) is 0 Å². The van der Waals surface area contributed by atoms with Gasteiger partial charge in [0, 0.05) is 0 Å². The lowest BCUT2D eigenvalue weighted by Gasteiger charge is -1.98. The van der Waals surface area contributed by atoms with Crippen molar-refractivity contribution in [1.29, 1.82) is 0 Å². The van der Waals surface area contributed by atoms with Crippen molar-refractivity contribution >= 4 is 47.8 Å². The number of aromatic hydroxyl groups is 1. The van der Waals surface area contributed by atoms with E-state index in [1.807, 2.05) is 0 Å². The number of rotatable bonds is 0. The normalized spacial score (nSPS) is 10.1. The van der Waals surface area contributed by atoms with E-state index in [-0.39, 0.29) is 14.9 Å². The summed E-state index contributed by atoms with van der Waals surface area (Å²) in [6.45, 7) is 0. The summed E-state index contributed by atoms with van der Waals surface area (Å²) in [6, 6.07) is 0. The average molecular weight is 349 g/mol. The second kappa shape index (κ2) is 3.28. The highest BCUT2D eigenvalue weighted by Gasteiger charge is 2.12. The Morgan fingerprint density at radius 3 is 2.27 bits per heavy atom. The molecule has 0 aliphatic carbocycles. The molecule has 1 N–H and O–H groups in total. The summed E-state index contributed by atoms with van der Waals surface area (Å²) in [5.41, 5.74) is -0.627. The van der Waals surface area contributed by atoms with E-state index in [9.17, 15) is 9.90 Å². The number of hydrogen-bond acceptors (Lipinski definition) is 3. The summed E-state index contributed by atoms with van der Waals surface area (Å²) in [6.07, 6.45) is 0. The van der Waals surface area contributed by atoms with Crippen LogP contribution in [0.3, 0.4) is 0 Å². The van der Waals surface area contributed by atoms with Gasteiger partial charge in [0.15, 0.2) is 10.4 Å². The summed E-state index contributed by atoms with van der Waals surface area (Å²) in [5, 5.41) is 9.18. The molecule has 0 bridgehead atoms. The van der Waals surface area contributed by atoms with Crippen LogP contribution in [0.15, 0.2) is 22.8 Å². The van der Waals surface area contributed by atoms with Gasteiger partial charge in [-0.2, -0.15) is 0 Å². The monoisotopic (exact) mass is 346 g/mol.